The molecule has 5 heteroatoms. The van der Waals surface area contributed by atoms with Gasteiger partial charge in [0.1, 0.15) is 6.04 Å². The van der Waals surface area contributed by atoms with Gasteiger partial charge < -0.3 is 5.11 Å². The van der Waals surface area contributed by atoms with Gasteiger partial charge >= 0.3 is 6.09 Å². The zero-order valence-corrected chi connectivity index (χ0v) is 9.23. The van der Waals surface area contributed by atoms with Gasteiger partial charge in [0, 0.05) is 4.47 Å². The molecule has 0 spiro atoms. The fourth-order valence-corrected chi connectivity index (χ4v) is 2.15. The van der Waals surface area contributed by atoms with Crippen LogP contribution in [-0.2, 0) is 6.54 Å². The van der Waals surface area contributed by atoms with Gasteiger partial charge in [0.15, 0.2) is 0 Å². The smallest absolute Gasteiger partial charge is 0.408 e. The highest BCUT2D eigenvalue weighted by Crippen LogP contribution is 2.34. The Bertz CT molecular complexity index is 467. The lowest BCUT2D eigenvalue weighted by Gasteiger charge is -2.14. The molecule has 1 N–H and O–H groups in total. The molecule has 1 aliphatic rings. The maximum Gasteiger partial charge on any atom is 0.408 e. The molecule has 76 valence electrons. The molecule has 1 aliphatic heterocycles. The fraction of sp³-hybridized carbons (Fsp3) is 0.200. The Kier molecular flexibility index (Phi) is 2.37. The van der Waals surface area contributed by atoms with E-state index in [2.05, 4.69) is 15.9 Å². The molecule has 0 radical (unpaired) electrons. The second-order valence-electron chi connectivity index (χ2n) is 3.29. The first kappa shape index (κ1) is 9.99. The number of hydrogen-bond acceptors (Lipinski definition) is 2. The van der Waals surface area contributed by atoms with Gasteiger partial charge in [-0.1, -0.05) is 22.0 Å². The van der Waals surface area contributed by atoms with Crippen molar-refractivity contribution < 1.29 is 9.90 Å². The van der Waals surface area contributed by atoms with E-state index in [4.69, 9.17) is 10.4 Å². The fourth-order valence-electron chi connectivity index (χ4n) is 1.74. The van der Waals surface area contributed by atoms with Crippen LogP contribution in [0.1, 0.15) is 17.2 Å². The van der Waals surface area contributed by atoms with Crippen LogP contribution in [0, 0.1) is 11.3 Å². The third-order valence-corrected chi connectivity index (χ3v) is 2.91. The maximum absolute atomic E-state index is 10.9. The first-order valence-electron chi connectivity index (χ1n) is 4.31. The van der Waals surface area contributed by atoms with Crippen molar-refractivity contribution in [2.24, 2.45) is 0 Å². The molecule has 1 amide bonds. The second kappa shape index (κ2) is 3.55. The van der Waals surface area contributed by atoms with Gasteiger partial charge in [-0.15, -0.1) is 0 Å². The summed E-state index contributed by atoms with van der Waals surface area (Å²) in [6.07, 6.45) is -1.06. The molecule has 0 aromatic heterocycles. The summed E-state index contributed by atoms with van der Waals surface area (Å²) in [4.78, 5) is 12.0. The van der Waals surface area contributed by atoms with E-state index in [1.165, 1.54) is 0 Å². The molecule has 1 unspecified atom stereocenters. The lowest BCUT2D eigenvalue weighted by molar-refractivity contribution is 0.138. The lowest BCUT2D eigenvalue weighted by Crippen LogP contribution is -2.26. The molecule has 4 nitrogen and oxygen atoms in total. The first-order chi connectivity index (χ1) is 7.13. The van der Waals surface area contributed by atoms with Crippen molar-refractivity contribution in [2.45, 2.75) is 12.6 Å². The van der Waals surface area contributed by atoms with Gasteiger partial charge in [0.2, 0.25) is 0 Å². The van der Waals surface area contributed by atoms with Crippen LogP contribution in [0.4, 0.5) is 4.79 Å². The summed E-state index contributed by atoms with van der Waals surface area (Å²) in [6, 6.07) is 6.78. The number of hydrogen-bond donors (Lipinski definition) is 1. The number of rotatable bonds is 0. The van der Waals surface area contributed by atoms with E-state index in [9.17, 15) is 4.79 Å². The summed E-state index contributed by atoms with van der Waals surface area (Å²) in [5.41, 5.74) is 1.67. The van der Waals surface area contributed by atoms with Crippen LogP contribution in [0.15, 0.2) is 22.7 Å². The van der Waals surface area contributed by atoms with Gasteiger partial charge in [-0.25, -0.2) is 4.79 Å². The van der Waals surface area contributed by atoms with Gasteiger partial charge in [0.05, 0.1) is 12.6 Å². The summed E-state index contributed by atoms with van der Waals surface area (Å²) in [6.45, 7) is 0.280. The predicted molar refractivity (Wildman–Crippen MR) is 56.1 cm³/mol. The van der Waals surface area contributed by atoms with E-state index >= 15 is 0 Å². The van der Waals surface area contributed by atoms with Crippen LogP contribution in [0.2, 0.25) is 0 Å². The Hall–Kier alpha value is -1.54. The average molecular weight is 267 g/mol. The molecular weight excluding hydrogens is 260 g/mol. The molecule has 1 atom stereocenters. The lowest BCUT2D eigenvalue weighted by atomic mass is 10.1. The molecule has 1 aromatic rings. The van der Waals surface area contributed by atoms with Crippen molar-refractivity contribution >= 4 is 22.0 Å². The summed E-state index contributed by atoms with van der Waals surface area (Å²) >= 11 is 3.31. The van der Waals surface area contributed by atoms with E-state index in [1.54, 1.807) is 6.07 Å². The Morgan fingerprint density at radius 2 is 2.40 bits per heavy atom. The molecule has 0 bridgehead atoms. The van der Waals surface area contributed by atoms with Crippen molar-refractivity contribution in [3.63, 3.8) is 0 Å². The highest BCUT2D eigenvalue weighted by molar-refractivity contribution is 9.10. The molecule has 15 heavy (non-hydrogen) atoms. The Morgan fingerprint density at radius 1 is 1.67 bits per heavy atom. The van der Waals surface area contributed by atoms with Crippen LogP contribution in [-0.4, -0.2) is 16.1 Å². The van der Waals surface area contributed by atoms with Gasteiger partial charge in [0.25, 0.3) is 0 Å². The van der Waals surface area contributed by atoms with Crippen LogP contribution in [0.25, 0.3) is 0 Å². The standard InChI is InChI=1S/C10H7BrN2O2/c11-7-1-2-8-6(3-7)5-13(10(14)15)9(8)4-12/h1-3,9H,5H2,(H,14,15). The number of carbonyl (C=O) groups is 1. The minimum absolute atomic E-state index is 0.280. The highest BCUT2D eigenvalue weighted by atomic mass is 79.9. The van der Waals surface area contributed by atoms with Crippen molar-refractivity contribution in [1.29, 1.82) is 5.26 Å². The van der Waals surface area contributed by atoms with E-state index in [0.717, 1.165) is 20.5 Å². The molecule has 1 heterocycles. The normalized spacial score (nSPS) is 18.4. The Morgan fingerprint density at radius 3 is 3.00 bits per heavy atom. The Labute approximate surface area is 94.9 Å². The first-order valence-corrected chi connectivity index (χ1v) is 5.10. The van der Waals surface area contributed by atoms with Crippen molar-refractivity contribution in [1.82, 2.24) is 4.90 Å². The molecule has 1 aromatic carbocycles. The summed E-state index contributed by atoms with van der Waals surface area (Å²) < 4.78 is 0.894. The highest BCUT2D eigenvalue weighted by Gasteiger charge is 2.33. The van der Waals surface area contributed by atoms with Crippen LogP contribution >= 0.6 is 15.9 Å². The van der Waals surface area contributed by atoms with Gasteiger partial charge in [-0.05, 0) is 23.3 Å². The molecule has 0 aliphatic carbocycles. The monoisotopic (exact) mass is 266 g/mol. The van der Waals surface area contributed by atoms with Gasteiger partial charge in [-0.3, -0.25) is 4.90 Å². The molecule has 2 rings (SSSR count). The minimum atomic E-state index is -1.06. The minimum Gasteiger partial charge on any atom is -0.465 e. The number of fused-ring (bicyclic) bond motifs is 1. The van der Waals surface area contributed by atoms with Crippen LogP contribution < -0.4 is 0 Å². The summed E-state index contributed by atoms with van der Waals surface area (Å²) in [7, 11) is 0. The summed E-state index contributed by atoms with van der Waals surface area (Å²) in [5.74, 6) is 0. The average Bonchev–Trinajstić information content (AvgIpc) is 2.55. The topological polar surface area (TPSA) is 64.3 Å². The number of benzene rings is 1. The Balaban J connectivity index is 2.47. The number of nitriles is 1. The van der Waals surface area contributed by atoms with E-state index in [-0.39, 0.29) is 6.54 Å². The van der Waals surface area contributed by atoms with Crippen LogP contribution in [0.3, 0.4) is 0 Å². The van der Waals surface area contributed by atoms with E-state index in [0.29, 0.717) is 0 Å². The SMILES string of the molecule is N#CC1c2ccc(Br)cc2CN1C(=O)O. The summed E-state index contributed by atoms with van der Waals surface area (Å²) in [5, 5.41) is 17.9. The zero-order chi connectivity index (χ0) is 11.0. The molecule has 0 saturated carbocycles. The number of amides is 1. The number of carboxylic acid groups (broad SMARTS) is 1. The predicted octanol–water partition coefficient (Wildman–Crippen LogP) is 2.51. The molecular formula is C10H7BrN2O2. The van der Waals surface area contributed by atoms with Crippen molar-refractivity contribution in [3.05, 3.63) is 33.8 Å². The number of halogens is 1. The van der Waals surface area contributed by atoms with Crippen LogP contribution in [0.5, 0.6) is 0 Å². The largest absolute Gasteiger partial charge is 0.465 e. The van der Waals surface area contributed by atoms with Gasteiger partial charge in [-0.2, -0.15) is 5.26 Å². The van der Waals surface area contributed by atoms with Crippen molar-refractivity contribution in [2.75, 3.05) is 0 Å². The van der Waals surface area contributed by atoms with E-state index in [1.807, 2.05) is 18.2 Å². The van der Waals surface area contributed by atoms with Crippen molar-refractivity contribution in [3.8, 4) is 6.07 Å². The zero-order valence-electron chi connectivity index (χ0n) is 7.64. The third-order valence-electron chi connectivity index (χ3n) is 2.42. The quantitative estimate of drug-likeness (QED) is 0.785. The third kappa shape index (κ3) is 1.57. The molecule has 0 fully saturated rings. The molecule has 0 saturated heterocycles. The second-order valence-corrected chi connectivity index (χ2v) is 4.20. The van der Waals surface area contributed by atoms with E-state index < -0.39 is 12.1 Å². The number of nitrogens with zero attached hydrogens (tertiary/aromatic N) is 2. The maximum atomic E-state index is 10.9.